The lowest BCUT2D eigenvalue weighted by Crippen LogP contribution is -2.27. The zero-order valence-corrected chi connectivity index (χ0v) is 11.2. The minimum atomic E-state index is -0.457. The molecular formula is C17H12NO3-. The number of ketones is 2. The number of benzene rings is 1. The lowest BCUT2D eigenvalue weighted by molar-refractivity contribution is -0.245. The highest BCUT2D eigenvalue weighted by Crippen LogP contribution is 2.26. The van der Waals surface area contributed by atoms with Crippen LogP contribution in [0.5, 0.6) is 0 Å². The summed E-state index contributed by atoms with van der Waals surface area (Å²) >= 11 is 0. The van der Waals surface area contributed by atoms with Gasteiger partial charge < -0.3 is 5.11 Å². The van der Waals surface area contributed by atoms with E-state index in [4.69, 9.17) is 0 Å². The first-order valence-corrected chi connectivity index (χ1v) is 6.61. The average molecular weight is 278 g/mol. The molecule has 0 saturated heterocycles. The highest BCUT2D eigenvalue weighted by atomic mass is 16.3. The van der Waals surface area contributed by atoms with E-state index in [1.54, 1.807) is 48.8 Å². The van der Waals surface area contributed by atoms with Gasteiger partial charge in [0.1, 0.15) is 0 Å². The van der Waals surface area contributed by atoms with Gasteiger partial charge in [0.05, 0.1) is 5.57 Å². The highest BCUT2D eigenvalue weighted by molar-refractivity contribution is 6.26. The number of fused-ring (bicyclic) bond motifs is 1. The summed E-state index contributed by atoms with van der Waals surface area (Å²) in [5.41, 5.74) is 1.68. The Kier molecular flexibility index (Phi) is 3.36. The SMILES string of the molecule is O=C(Cc1ccncc1)C1=C([O-])c2ccccc2CC1=O. The van der Waals surface area contributed by atoms with Gasteiger partial charge in [-0.2, -0.15) is 0 Å². The van der Waals surface area contributed by atoms with Crippen molar-refractivity contribution in [2.45, 2.75) is 12.8 Å². The minimum Gasteiger partial charge on any atom is -0.871 e. The molecule has 0 aliphatic heterocycles. The van der Waals surface area contributed by atoms with E-state index in [2.05, 4.69) is 4.98 Å². The number of carbonyl (C=O) groups is 2. The van der Waals surface area contributed by atoms with E-state index in [9.17, 15) is 14.7 Å². The van der Waals surface area contributed by atoms with Crippen LogP contribution in [0.2, 0.25) is 0 Å². The Hall–Kier alpha value is -2.75. The number of pyridine rings is 1. The van der Waals surface area contributed by atoms with Gasteiger partial charge in [-0.05, 0) is 28.8 Å². The van der Waals surface area contributed by atoms with Gasteiger partial charge in [0, 0.05) is 25.2 Å². The number of Topliss-reactive ketones (excluding diaryl/α,β-unsaturated/α-hetero) is 2. The molecule has 1 heterocycles. The summed E-state index contributed by atoms with van der Waals surface area (Å²) < 4.78 is 0. The van der Waals surface area contributed by atoms with Crippen LogP contribution in [0.4, 0.5) is 0 Å². The van der Waals surface area contributed by atoms with Crippen molar-refractivity contribution >= 4 is 17.3 Å². The zero-order chi connectivity index (χ0) is 14.8. The van der Waals surface area contributed by atoms with E-state index in [0.717, 1.165) is 5.56 Å². The predicted octanol–water partition coefficient (Wildman–Crippen LogP) is 1.09. The number of rotatable bonds is 3. The third kappa shape index (κ3) is 2.48. The Morgan fingerprint density at radius 2 is 1.86 bits per heavy atom. The maximum atomic E-state index is 12.4. The van der Waals surface area contributed by atoms with Crippen LogP contribution in [0.25, 0.3) is 5.76 Å². The van der Waals surface area contributed by atoms with Gasteiger partial charge in [0.2, 0.25) is 0 Å². The van der Waals surface area contributed by atoms with Crippen LogP contribution in [-0.2, 0) is 22.4 Å². The maximum absolute atomic E-state index is 12.4. The summed E-state index contributed by atoms with van der Waals surface area (Å²) in [4.78, 5) is 28.3. The van der Waals surface area contributed by atoms with Crippen molar-refractivity contribution in [1.82, 2.24) is 4.98 Å². The predicted molar refractivity (Wildman–Crippen MR) is 75.0 cm³/mol. The van der Waals surface area contributed by atoms with Crippen LogP contribution in [0.3, 0.4) is 0 Å². The van der Waals surface area contributed by atoms with Crippen molar-refractivity contribution in [3.8, 4) is 0 Å². The van der Waals surface area contributed by atoms with E-state index in [-0.39, 0.29) is 18.4 Å². The Bertz CT molecular complexity index is 748. The van der Waals surface area contributed by atoms with E-state index < -0.39 is 17.3 Å². The van der Waals surface area contributed by atoms with E-state index >= 15 is 0 Å². The van der Waals surface area contributed by atoms with Gasteiger partial charge in [0.15, 0.2) is 11.6 Å². The molecule has 2 aromatic rings. The smallest absolute Gasteiger partial charge is 0.170 e. The van der Waals surface area contributed by atoms with Crippen molar-refractivity contribution < 1.29 is 14.7 Å². The standard InChI is InChI=1S/C17H13NO3/c19-14(9-11-5-7-18-8-6-11)16-15(20)10-12-3-1-2-4-13(12)17(16)21/h1-8,21H,9-10H2/p-1. The third-order valence-electron chi connectivity index (χ3n) is 3.51. The van der Waals surface area contributed by atoms with Crippen LogP contribution in [0, 0.1) is 0 Å². The van der Waals surface area contributed by atoms with Crippen LogP contribution < -0.4 is 5.11 Å². The second-order valence-electron chi connectivity index (χ2n) is 4.92. The largest absolute Gasteiger partial charge is 0.871 e. The molecule has 0 spiro atoms. The fourth-order valence-corrected chi connectivity index (χ4v) is 2.48. The molecule has 4 nitrogen and oxygen atoms in total. The minimum absolute atomic E-state index is 0.0392. The number of nitrogens with zero attached hydrogens (tertiary/aromatic N) is 1. The summed E-state index contributed by atoms with van der Waals surface area (Å²) in [5, 5.41) is 12.4. The molecule has 0 amide bonds. The summed E-state index contributed by atoms with van der Waals surface area (Å²) in [7, 11) is 0. The second kappa shape index (κ2) is 5.32. The zero-order valence-electron chi connectivity index (χ0n) is 11.2. The average Bonchev–Trinajstić information content (AvgIpc) is 2.48. The van der Waals surface area contributed by atoms with E-state index in [0.29, 0.717) is 11.1 Å². The Morgan fingerprint density at radius 3 is 2.62 bits per heavy atom. The fraction of sp³-hybridized carbons (Fsp3) is 0.118. The summed E-state index contributed by atoms with van der Waals surface area (Å²) in [6.07, 6.45) is 3.30. The summed E-state index contributed by atoms with van der Waals surface area (Å²) in [6.45, 7) is 0. The molecule has 1 aliphatic rings. The van der Waals surface area contributed by atoms with Gasteiger partial charge in [-0.15, -0.1) is 0 Å². The molecule has 0 saturated carbocycles. The second-order valence-corrected chi connectivity index (χ2v) is 4.92. The molecule has 21 heavy (non-hydrogen) atoms. The molecule has 0 fully saturated rings. The lowest BCUT2D eigenvalue weighted by atomic mass is 9.86. The molecule has 0 unspecified atom stereocenters. The number of carbonyl (C=O) groups excluding carboxylic acids is 2. The number of allylic oxidation sites excluding steroid dienone is 1. The third-order valence-corrected chi connectivity index (χ3v) is 3.51. The Balaban J connectivity index is 1.97. The van der Waals surface area contributed by atoms with Gasteiger partial charge in [-0.25, -0.2) is 0 Å². The number of hydrogen-bond acceptors (Lipinski definition) is 4. The molecule has 0 N–H and O–H groups in total. The topological polar surface area (TPSA) is 70.1 Å². The molecule has 1 aliphatic carbocycles. The molecule has 4 heteroatoms. The van der Waals surface area contributed by atoms with Crippen molar-refractivity contribution in [2.75, 3.05) is 0 Å². The van der Waals surface area contributed by atoms with Crippen LogP contribution in [0.1, 0.15) is 16.7 Å². The number of hydrogen-bond donors (Lipinski definition) is 0. The normalized spacial score (nSPS) is 14.0. The first-order valence-electron chi connectivity index (χ1n) is 6.61. The van der Waals surface area contributed by atoms with Gasteiger partial charge in [0.25, 0.3) is 0 Å². The van der Waals surface area contributed by atoms with Gasteiger partial charge in [-0.1, -0.05) is 30.0 Å². The lowest BCUT2D eigenvalue weighted by Gasteiger charge is -2.25. The maximum Gasteiger partial charge on any atom is 0.170 e. The van der Waals surface area contributed by atoms with Gasteiger partial charge in [-0.3, -0.25) is 14.6 Å². The Labute approximate surface area is 121 Å². The van der Waals surface area contributed by atoms with E-state index in [1.807, 2.05) is 0 Å². The molecule has 0 radical (unpaired) electrons. The fourth-order valence-electron chi connectivity index (χ4n) is 2.48. The van der Waals surface area contributed by atoms with Crippen molar-refractivity contribution in [2.24, 2.45) is 0 Å². The molecule has 1 aromatic heterocycles. The molecule has 0 atom stereocenters. The van der Waals surface area contributed by atoms with E-state index in [1.165, 1.54) is 0 Å². The molecule has 0 bridgehead atoms. The van der Waals surface area contributed by atoms with Crippen molar-refractivity contribution in [3.63, 3.8) is 0 Å². The quantitative estimate of drug-likeness (QED) is 0.788. The van der Waals surface area contributed by atoms with Crippen LogP contribution >= 0.6 is 0 Å². The first-order chi connectivity index (χ1) is 10.2. The van der Waals surface area contributed by atoms with Crippen molar-refractivity contribution in [1.29, 1.82) is 0 Å². The number of aromatic nitrogens is 1. The summed E-state index contributed by atoms with van der Waals surface area (Å²) in [5.74, 6) is -1.27. The molecule has 104 valence electrons. The highest BCUT2D eigenvalue weighted by Gasteiger charge is 2.25. The summed E-state index contributed by atoms with van der Waals surface area (Å²) in [6, 6.07) is 10.3. The van der Waals surface area contributed by atoms with Crippen LogP contribution in [0.15, 0.2) is 54.4 Å². The monoisotopic (exact) mass is 278 g/mol. The molecule has 1 aromatic carbocycles. The van der Waals surface area contributed by atoms with Gasteiger partial charge >= 0.3 is 0 Å². The van der Waals surface area contributed by atoms with Crippen molar-refractivity contribution in [3.05, 3.63) is 71.1 Å². The Morgan fingerprint density at radius 1 is 1.14 bits per heavy atom. The molecule has 3 rings (SSSR count). The van der Waals surface area contributed by atoms with Crippen LogP contribution in [-0.4, -0.2) is 16.6 Å². The molecular weight excluding hydrogens is 266 g/mol. The first kappa shape index (κ1) is 13.2.